The van der Waals surface area contributed by atoms with Gasteiger partial charge in [0.25, 0.3) is 0 Å². The number of nitrogens with zero attached hydrogens (tertiary/aromatic N) is 1. The summed E-state index contributed by atoms with van der Waals surface area (Å²) in [5.74, 6) is 1.51. The Bertz CT molecular complexity index is 1170. The van der Waals surface area contributed by atoms with E-state index in [1.807, 2.05) is 55.6 Å². The lowest BCUT2D eigenvalue weighted by Crippen LogP contribution is -2.30. The van der Waals surface area contributed by atoms with Gasteiger partial charge in [-0.2, -0.15) is 0 Å². The monoisotopic (exact) mass is 479 g/mol. The van der Waals surface area contributed by atoms with Crippen molar-refractivity contribution in [2.75, 3.05) is 18.5 Å². The molecule has 1 aliphatic rings. The molecule has 0 bridgehead atoms. The van der Waals surface area contributed by atoms with Crippen LogP contribution in [0.4, 0.5) is 5.13 Å². The first kappa shape index (κ1) is 23.8. The molecular formula is C26H29N3O4S. The molecule has 0 radical (unpaired) electrons. The Morgan fingerprint density at radius 2 is 2.00 bits per heavy atom. The van der Waals surface area contributed by atoms with Crippen LogP contribution in [0.5, 0.6) is 11.5 Å². The molecule has 3 aromatic rings. The van der Waals surface area contributed by atoms with Crippen LogP contribution < -0.4 is 20.1 Å². The highest BCUT2D eigenvalue weighted by Crippen LogP contribution is 2.36. The second-order valence-corrected chi connectivity index (χ2v) is 9.26. The van der Waals surface area contributed by atoms with Crippen LogP contribution in [0.2, 0.25) is 0 Å². The van der Waals surface area contributed by atoms with E-state index in [0.717, 1.165) is 45.9 Å². The van der Waals surface area contributed by atoms with Crippen molar-refractivity contribution in [3.63, 3.8) is 0 Å². The molecule has 0 spiro atoms. The van der Waals surface area contributed by atoms with E-state index in [4.69, 9.17) is 9.47 Å². The number of hydrogen-bond acceptors (Lipinski definition) is 6. The largest absolute Gasteiger partial charge is 0.493 e. The van der Waals surface area contributed by atoms with Crippen molar-refractivity contribution in [1.29, 1.82) is 0 Å². The molecule has 0 saturated carbocycles. The fourth-order valence-corrected chi connectivity index (χ4v) is 4.76. The molecule has 7 nitrogen and oxygen atoms in total. The van der Waals surface area contributed by atoms with Gasteiger partial charge >= 0.3 is 0 Å². The molecule has 0 saturated heterocycles. The number of rotatable bonds is 8. The molecule has 8 heteroatoms. The molecule has 2 heterocycles. The summed E-state index contributed by atoms with van der Waals surface area (Å²) in [6, 6.07) is 11.8. The number of nitrogens with one attached hydrogen (secondary N) is 2. The molecule has 1 atom stereocenters. The number of anilines is 1. The van der Waals surface area contributed by atoms with Crippen LogP contribution in [0.1, 0.15) is 48.9 Å². The van der Waals surface area contributed by atoms with Crippen LogP contribution in [0, 0.1) is 13.8 Å². The number of aromatic nitrogens is 1. The zero-order valence-electron chi connectivity index (χ0n) is 19.6. The standard InChI is InChI=1S/C26H29N3O4S/c1-16-6-4-7-17(2)25(16)33-12-5-8-24(31)29-26-28-22(15-34-26)19-9-10-23-20(14-19)21(11-13-32-23)27-18(3)30/h4,6-7,9-10,14-15,21H,5,8,11-13H2,1-3H3,(H,27,30)(H,28,29,31). The fourth-order valence-electron chi connectivity index (χ4n) is 4.03. The Morgan fingerprint density at radius 1 is 1.21 bits per heavy atom. The lowest BCUT2D eigenvalue weighted by atomic mass is 9.97. The van der Waals surface area contributed by atoms with E-state index >= 15 is 0 Å². The van der Waals surface area contributed by atoms with Crippen molar-refractivity contribution >= 4 is 28.3 Å². The highest BCUT2D eigenvalue weighted by Gasteiger charge is 2.23. The Morgan fingerprint density at radius 3 is 2.76 bits per heavy atom. The number of benzene rings is 2. The first-order chi connectivity index (χ1) is 16.4. The zero-order valence-corrected chi connectivity index (χ0v) is 20.5. The summed E-state index contributed by atoms with van der Waals surface area (Å²) in [6.45, 7) is 6.61. The van der Waals surface area contributed by atoms with E-state index in [1.165, 1.54) is 18.3 Å². The molecule has 178 valence electrons. The third-order valence-corrected chi connectivity index (χ3v) is 6.43. The number of aryl methyl sites for hydroxylation is 2. The second-order valence-electron chi connectivity index (χ2n) is 8.40. The Labute approximate surface area is 203 Å². The average molecular weight is 480 g/mol. The molecule has 0 aliphatic carbocycles. The van der Waals surface area contributed by atoms with E-state index in [1.54, 1.807) is 0 Å². The van der Waals surface area contributed by atoms with Crippen molar-refractivity contribution in [2.45, 2.75) is 46.1 Å². The number of thiazole rings is 1. The molecule has 1 aromatic heterocycles. The Kier molecular flexibility index (Phi) is 7.47. The number of fused-ring (bicyclic) bond motifs is 1. The number of para-hydroxylation sites is 1. The number of hydrogen-bond donors (Lipinski definition) is 2. The minimum Gasteiger partial charge on any atom is -0.493 e. The SMILES string of the molecule is CC(=O)NC1CCOc2ccc(-c3csc(NC(=O)CCCOc4c(C)cccc4C)n3)cc21. The molecule has 2 N–H and O–H groups in total. The van der Waals surface area contributed by atoms with Gasteiger partial charge in [-0.05, 0) is 49.6 Å². The molecule has 2 amide bonds. The maximum Gasteiger partial charge on any atom is 0.226 e. The van der Waals surface area contributed by atoms with Gasteiger partial charge in [-0.15, -0.1) is 11.3 Å². The van der Waals surface area contributed by atoms with Gasteiger partial charge in [-0.1, -0.05) is 18.2 Å². The maximum absolute atomic E-state index is 12.4. The predicted molar refractivity (Wildman–Crippen MR) is 133 cm³/mol. The summed E-state index contributed by atoms with van der Waals surface area (Å²) in [6.07, 6.45) is 1.70. The van der Waals surface area contributed by atoms with E-state index in [9.17, 15) is 9.59 Å². The third kappa shape index (κ3) is 5.75. The van der Waals surface area contributed by atoms with Crippen LogP contribution >= 0.6 is 11.3 Å². The average Bonchev–Trinajstić information content (AvgIpc) is 3.26. The van der Waals surface area contributed by atoms with Gasteiger partial charge in [-0.3, -0.25) is 9.59 Å². The van der Waals surface area contributed by atoms with Gasteiger partial charge in [0, 0.05) is 36.3 Å². The quantitative estimate of drug-likeness (QED) is 0.434. The van der Waals surface area contributed by atoms with Crippen LogP contribution in [0.15, 0.2) is 41.8 Å². The van der Waals surface area contributed by atoms with Gasteiger partial charge in [0.05, 0.1) is 24.9 Å². The highest BCUT2D eigenvalue weighted by molar-refractivity contribution is 7.14. The van der Waals surface area contributed by atoms with Gasteiger partial charge in [0.2, 0.25) is 11.8 Å². The highest BCUT2D eigenvalue weighted by atomic mass is 32.1. The van der Waals surface area contributed by atoms with Crippen molar-refractivity contribution in [3.05, 3.63) is 58.5 Å². The van der Waals surface area contributed by atoms with E-state index < -0.39 is 0 Å². The van der Waals surface area contributed by atoms with Crippen LogP contribution in [0.3, 0.4) is 0 Å². The van der Waals surface area contributed by atoms with Crippen LogP contribution in [-0.2, 0) is 9.59 Å². The third-order valence-electron chi connectivity index (χ3n) is 5.68. The van der Waals surface area contributed by atoms with E-state index in [2.05, 4.69) is 15.6 Å². The molecule has 34 heavy (non-hydrogen) atoms. The smallest absolute Gasteiger partial charge is 0.226 e. The van der Waals surface area contributed by atoms with Crippen molar-refractivity contribution < 1.29 is 19.1 Å². The first-order valence-electron chi connectivity index (χ1n) is 11.4. The summed E-state index contributed by atoms with van der Waals surface area (Å²) < 4.78 is 11.6. The van der Waals surface area contributed by atoms with Crippen molar-refractivity contribution in [2.24, 2.45) is 0 Å². The van der Waals surface area contributed by atoms with Gasteiger partial charge in [-0.25, -0.2) is 4.98 Å². The van der Waals surface area contributed by atoms with Gasteiger partial charge in [0.1, 0.15) is 11.5 Å². The molecule has 1 aliphatic heterocycles. The lowest BCUT2D eigenvalue weighted by molar-refractivity contribution is -0.120. The topological polar surface area (TPSA) is 89.6 Å². The summed E-state index contributed by atoms with van der Waals surface area (Å²) in [5.41, 5.74) is 4.82. The normalized spacial score (nSPS) is 14.6. The van der Waals surface area contributed by atoms with Gasteiger partial charge in [0.15, 0.2) is 5.13 Å². The van der Waals surface area contributed by atoms with Crippen molar-refractivity contribution in [3.8, 4) is 22.8 Å². The summed E-state index contributed by atoms with van der Waals surface area (Å²) >= 11 is 1.39. The molecule has 2 aromatic carbocycles. The number of carbonyl (C=O) groups is 2. The molecule has 4 rings (SSSR count). The molecule has 1 unspecified atom stereocenters. The molecule has 0 fully saturated rings. The zero-order chi connectivity index (χ0) is 24.1. The number of amides is 2. The van der Waals surface area contributed by atoms with Crippen LogP contribution in [0.25, 0.3) is 11.3 Å². The van der Waals surface area contributed by atoms with Crippen molar-refractivity contribution in [1.82, 2.24) is 10.3 Å². The number of ether oxygens (including phenoxy) is 2. The summed E-state index contributed by atoms with van der Waals surface area (Å²) in [7, 11) is 0. The number of carbonyl (C=O) groups excluding carboxylic acids is 2. The van der Waals surface area contributed by atoms with E-state index in [0.29, 0.717) is 31.2 Å². The van der Waals surface area contributed by atoms with Gasteiger partial charge < -0.3 is 20.1 Å². The first-order valence-corrected chi connectivity index (χ1v) is 12.3. The molecular weight excluding hydrogens is 450 g/mol. The maximum atomic E-state index is 12.4. The Balaban J connectivity index is 1.33. The second kappa shape index (κ2) is 10.7. The summed E-state index contributed by atoms with van der Waals surface area (Å²) in [5, 5.41) is 8.34. The van der Waals surface area contributed by atoms with Crippen LogP contribution in [-0.4, -0.2) is 30.0 Å². The minimum absolute atomic E-state index is 0.0682. The van der Waals surface area contributed by atoms with E-state index in [-0.39, 0.29) is 17.9 Å². The minimum atomic E-state index is -0.0874. The summed E-state index contributed by atoms with van der Waals surface area (Å²) in [4.78, 5) is 28.5. The predicted octanol–water partition coefficient (Wildman–Crippen LogP) is 5.18. The fraction of sp³-hybridized carbons (Fsp3) is 0.346. The Hall–Kier alpha value is -3.39. The lowest BCUT2D eigenvalue weighted by Gasteiger charge is -2.26.